The van der Waals surface area contributed by atoms with E-state index in [0.717, 1.165) is 0 Å². The van der Waals surface area contributed by atoms with Crippen molar-refractivity contribution < 1.29 is 0 Å². The first-order valence-corrected chi connectivity index (χ1v) is 4.99. The van der Waals surface area contributed by atoms with Crippen LogP contribution in [-0.4, -0.2) is 6.54 Å². The molecule has 1 heteroatoms. The number of nitrogens with zero attached hydrogens (tertiary/aromatic N) is 1. The second-order valence-corrected chi connectivity index (χ2v) is 3.76. The first-order valence-electron chi connectivity index (χ1n) is 4.99. The summed E-state index contributed by atoms with van der Waals surface area (Å²) in [4.78, 5) is 2.47. The van der Waals surface area contributed by atoms with E-state index >= 15 is 0 Å². The maximum atomic E-state index is 2.47. The predicted octanol–water partition coefficient (Wildman–Crippen LogP) is 2.73. The fourth-order valence-electron chi connectivity index (χ4n) is 2.37. The number of allylic oxidation sites excluding steroid dienone is 1. The minimum absolute atomic E-state index is 1.19. The van der Waals surface area contributed by atoms with Crippen LogP contribution in [0.3, 0.4) is 0 Å². The van der Waals surface area contributed by atoms with Crippen LogP contribution in [0.15, 0.2) is 36.0 Å². The third kappa shape index (κ3) is 0.998. The van der Waals surface area contributed by atoms with Gasteiger partial charge in [0.2, 0.25) is 0 Å². The molecule has 1 aromatic carbocycles. The summed E-state index contributed by atoms with van der Waals surface area (Å²) in [5.41, 5.74) is 4.50. The molecular weight excluding hydrogens is 158 g/mol. The van der Waals surface area contributed by atoms with E-state index in [-0.39, 0.29) is 0 Å². The van der Waals surface area contributed by atoms with Gasteiger partial charge in [0.05, 0.1) is 0 Å². The average molecular weight is 171 g/mol. The van der Waals surface area contributed by atoms with Gasteiger partial charge in [-0.25, -0.2) is 0 Å². The van der Waals surface area contributed by atoms with E-state index in [1.807, 2.05) is 0 Å². The maximum absolute atomic E-state index is 2.47. The van der Waals surface area contributed by atoms with Gasteiger partial charge in [-0.1, -0.05) is 24.3 Å². The Bertz CT molecular complexity index is 365. The van der Waals surface area contributed by atoms with Crippen molar-refractivity contribution in [2.24, 2.45) is 0 Å². The smallest absolute Gasteiger partial charge is 0.0440 e. The lowest BCUT2D eigenvalue weighted by atomic mass is 10.0. The summed E-state index contributed by atoms with van der Waals surface area (Å²) in [6.07, 6.45) is 6.06. The Hall–Kier alpha value is -1.24. The molecule has 2 heterocycles. The van der Waals surface area contributed by atoms with Crippen LogP contribution in [0.5, 0.6) is 0 Å². The molecule has 0 spiro atoms. The number of fused-ring (bicyclic) bond motifs is 3. The molecule has 0 aliphatic carbocycles. The molecule has 1 aromatic rings. The summed E-state index contributed by atoms with van der Waals surface area (Å²) < 4.78 is 0. The molecule has 0 fully saturated rings. The van der Waals surface area contributed by atoms with Crippen LogP contribution >= 0.6 is 0 Å². The van der Waals surface area contributed by atoms with Gasteiger partial charge in [-0.3, -0.25) is 0 Å². The highest BCUT2D eigenvalue weighted by atomic mass is 15.2. The van der Waals surface area contributed by atoms with E-state index < -0.39 is 0 Å². The number of para-hydroxylation sites is 1. The summed E-state index contributed by atoms with van der Waals surface area (Å²) >= 11 is 0. The molecule has 1 nitrogen and oxygen atoms in total. The van der Waals surface area contributed by atoms with Crippen molar-refractivity contribution in [3.05, 3.63) is 41.6 Å². The van der Waals surface area contributed by atoms with E-state index in [1.165, 1.54) is 37.1 Å². The van der Waals surface area contributed by atoms with Crippen molar-refractivity contribution >= 4 is 5.69 Å². The van der Waals surface area contributed by atoms with Crippen LogP contribution < -0.4 is 4.90 Å². The van der Waals surface area contributed by atoms with Crippen LogP contribution in [0, 0.1) is 0 Å². The van der Waals surface area contributed by atoms with Crippen LogP contribution in [0.25, 0.3) is 0 Å². The molecule has 0 bridgehead atoms. The van der Waals surface area contributed by atoms with Gasteiger partial charge in [0.15, 0.2) is 0 Å². The summed E-state index contributed by atoms with van der Waals surface area (Å²) in [5, 5.41) is 0. The largest absolute Gasteiger partial charge is 0.345 e. The SMILES string of the molecule is C1=C2CCc3ccccc3N2CC1. The van der Waals surface area contributed by atoms with Gasteiger partial charge in [-0.05, 0) is 30.9 Å². The second kappa shape index (κ2) is 2.63. The van der Waals surface area contributed by atoms with Gasteiger partial charge in [0, 0.05) is 17.9 Å². The van der Waals surface area contributed by atoms with E-state index in [0.29, 0.717) is 0 Å². The zero-order valence-corrected chi connectivity index (χ0v) is 7.66. The van der Waals surface area contributed by atoms with Crippen molar-refractivity contribution in [2.75, 3.05) is 11.4 Å². The van der Waals surface area contributed by atoms with E-state index in [9.17, 15) is 0 Å². The zero-order chi connectivity index (χ0) is 8.67. The van der Waals surface area contributed by atoms with E-state index in [1.54, 1.807) is 5.70 Å². The van der Waals surface area contributed by atoms with Crippen molar-refractivity contribution in [1.82, 2.24) is 0 Å². The number of anilines is 1. The van der Waals surface area contributed by atoms with E-state index in [2.05, 4.69) is 35.2 Å². The molecule has 0 radical (unpaired) electrons. The minimum Gasteiger partial charge on any atom is -0.345 e. The monoisotopic (exact) mass is 171 g/mol. The summed E-state index contributed by atoms with van der Waals surface area (Å²) in [6, 6.07) is 8.78. The average Bonchev–Trinajstić information content (AvgIpc) is 2.65. The second-order valence-electron chi connectivity index (χ2n) is 3.76. The van der Waals surface area contributed by atoms with Crippen molar-refractivity contribution in [3.8, 4) is 0 Å². The lowest BCUT2D eigenvalue weighted by Crippen LogP contribution is -2.23. The van der Waals surface area contributed by atoms with Crippen LogP contribution in [0.1, 0.15) is 18.4 Å². The highest BCUT2D eigenvalue weighted by Gasteiger charge is 2.22. The van der Waals surface area contributed by atoms with Crippen LogP contribution in [-0.2, 0) is 6.42 Å². The minimum atomic E-state index is 1.19. The number of benzene rings is 1. The molecule has 0 saturated carbocycles. The van der Waals surface area contributed by atoms with Crippen LogP contribution in [0.2, 0.25) is 0 Å². The Labute approximate surface area is 78.7 Å². The standard InChI is InChI=1S/C12H13N/c1-2-6-12-10(4-1)7-8-11-5-3-9-13(11)12/h1-2,4-6H,3,7-9H2. The van der Waals surface area contributed by atoms with Crippen molar-refractivity contribution in [2.45, 2.75) is 19.3 Å². The molecule has 2 aliphatic rings. The van der Waals surface area contributed by atoms with Crippen molar-refractivity contribution in [1.29, 1.82) is 0 Å². The van der Waals surface area contributed by atoms with Gasteiger partial charge in [-0.15, -0.1) is 0 Å². The predicted molar refractivity (Wildman–Crippen MR) is 54.8 cm³/mol. The molecule has 0 aromatic heterocycles. The number of hydrogen-bond donors (Lipinski definition) is 0. The van der Waals surface area contributed by atoms with Gasteiger partial charge < -0.3 is 4.90 Å². The van der Waals surface area contributed by atoms with E-state index in [4.69, 9.17) is 0 Å². The molecule has 0 N–H and O–H groups in total. The summed E-state index contributed by atoms with van der Waals surface area (Å²) in [6.45, 7) is 1.19. The quantitative estimate of drug-likeness (QED) is 0.580. The Kier molecular flexibility index (Phi) is 1.45. The molecular formula is C12H13N. The molecule has 0 saturated heterocycles. The summed E-state index contributed by atoms with van der Waals surface area (Å²) in [5.74, 6) is 0. The van der Waals surface area contributed by atoms with Crippen molar-refractivity contribution in [3.63, 3.8) is 0 Å². The topological polar surface area (TPSA) is 3.24 Å². The third-order valence-electron chi connectivity index (χ3n) is 3.01. The highest BCUT2D eigenvalue weighted by molar-refractivity contribution is 5.61. The lowest BCUT2D eigenvalue weighted by molar-refractivity contribution is 0.823. The van der Waals surface area contributed by atoms with Gasteiger partial charge >= 0.3 is 0 Å². The molecule has 0 amide bonds. The molecule has 3 rings (SSSR count). The Morgan fingerprint density at radius 2 is 2.00 bits per heavy atom. The Balaban J connectivity index is 2.12. The van der Waals surface area contributed by atoms with Gasteiger partial charge in [0.1, 0.15) is 0 Å². The Morgan fingerprint density at radius 3 is 3.00 bits per heavy atom. The summed E-state index contributed by atoms with van der Waals surface area (Å²) in [7, 11) is 0. The maximum Gasteiger partial charge on any atom is 0.0440 e. The molecule has 0 atom stereocenters. The zero-order valence-electron chi connectivity index (χ0n) is 7.66. The number of hydrogen-bond acceptors (Lipinski definition) is 1. The number of aryl methyl sites for hydroxylation is 1. The molecule has 2 aliphatic heterocycles. The highest BCUT2D eigenvalue weighted by Crippen LogP contribution is 2.35. The third-order valence-corrected chi connectivity index (χ3v) is 3.01. The number of rotatable bonds is 0. The molecule has 66 valence electrons. The molecule has 0 unspecified atom stereocenters. The Morgan fingerprint density at radius 1 is 1.08 bits per heavy atom. The molecule has 13 heavy (non-hydrogen) atoms. The normalized spacial score (nSPS) is 19.4. The lowest BCUT2D eigenvalue weighted by Gasteiger charge is -2.29. The van der Waals surface area contributed by atoms with Gasteiger partial charge in [0.25, 0.3) is 0 Å². The first kappa shape index (κ1) is 7.19. The fourth-order valence-corrected chi connectivity index (χ4v) is 2.37. The first-order chi connectivity index (χ1) is 6.45. The van der Waals surface area contributed by atoms with Crippen LogP contribution in [0.4, 0.5) is 5.69 Å². The van der Waals surface area contributed by atoms with Gasteiger partial charge in [-0.2, -0.15) is 0 Å². The fraction of sp³-hybridized carbons (Fsp3) is 0.333.